The van der Waals surface area contributed by atoms with Crippen LogP contribution in [0.3, 0.4) is 0 Å². The van der Waals surface area contributed by atoms with Gasteiger partial charge < -0.3 is 25.6 Å². The molecular weight excluding hydrogens is 378 g/mol. The molecule has 9 heteroatoms. The predicted octanol–water partition coefficient (Wildman–Crippen LogP) is 1.62. The van der Waals surface area contributed by atoms with Crippen molar-refractivity contribution in [3.05, 3.63) is 29.8 Å². The van der Waals surface area contributed by atoms with Crippen molar-refractivity contribution in [3.8, 4) is 5.75 Å². The molecule has 2 amide bonds. The molecule has 1 saturated carbocycles. The Balaban J connectivity index is 1.88. The number of methoxy groups -OCH3 is 1. The first-order chi connectivity index (χ1) is 13.9. The Labute approximate surface area is 169 Å². The van der Waals surface area contributed by atoms with E-state index in [0.29, 0.717) is 30.3 Å². The van der Waals surface area contributed by atoms with E-state index in [4.69, 9.17) is 4.74 Å². The van der Waals surface area contributed by atoms with Crippen LogP contribution in [0.4, 0.5) is 4.79 Å². The Morgan fingerprint density at radius 2 is 1.97 bits per heavy atom. The third-order valence-corrected chi connectivity index (χ3v) is 5.18. The van der Waals surface area contributed by atoms with Crippen molar-refractivity contribution in [3.63, 3.8) is 0 Å². The van der Waals surface area contributed by atoms with Gasteiger partial charge in [0.1, 0.15) is 11.9 Å². The summed E-state index contributed by atoms with van der Waals surface area (Å²) in [5.41, 5.74) is 0.351. The van der Waals surface area contributed by atoms with Crippen LogP contribution >= 0.6 is 0 Å². The number of ether oxygens (including phenoxy) is 1. The molecule has 4 unspecified atom stereocenters. The van der Waals surface area contributed by atoms with Gasteiger partial charge in [-0.05, 0) is 48.8 Å². The fourth-order valence-electron chi connectivity index (χ4n) is 3.62. The minimum Gasteiger partial charge on any atom is -0.497 e. The van der Waals surface area contributed by atoms with Gasteiger partial charge in [-0.1, -0.05) is 18.6 Å². The molecule has 1 aliphatic rings. The van der Waals surface area contributed by atoms with E-state index in [2.05, 4.69) is 15.6 Å². The summed E-state index contributed by atoms with van der Waals surface area (Å²) < 4.78 is 5.04. The van der Waals surface area contributed by atoms with E-state index in [-0.39, 0.29) is 5.92 Å². The molecule has 9 nitrogen and oxygen atoms in total. The van der Waals surface area contributed by atoms with E-state index < -0.39 is 24.1 Å². The number of nitrogens with one attached hydrogen (secondary N) is 2. The summed E-state index contributed by atoms with van der Waals surface area (Å²) in [6, 6.07) is 4.14. The van der Waals surface area contributed by atoms with Crippen LogP contribution in [0.2, 0.25) is 0 Å². The molecule has 1 fully saturated rings. The number of hydrogen-bond donors (Lipinski definition) is 4. The Hall–Kier alpha value is -2.90. The minimum absolute atomic E-state index is 0.233. The lowest BCUT2D eigenvalue weighted by Gasteiger charge is -2.28. The van der Waals surface area contributed by atoms with E-state index in [1.54, 1.807) is 30.3 Å². The molecule has 0 saturated heterocycles. The molecule has 29 heavy (non-hydrogen) atoms. The number of carbonyl (C=O) groups is 2. The van der Waals surface area contributed by atoms with Crippen molar-refractivity contribution in [2.24, 2.45) is 16.8 Å². The lowest BCUT2D eigenvalue weighted by atomic mass is 9.81. The quantitative estimate of drug-likeness (QED) is 0.364. The van der Waals surface area contributed by atoms with E-state index in [9.17, 15) is 24.6 Å². The highest BCUT2D eigenvalue weighted by Crippen LogP contribution is 2.28. The molecule has 0 bridgehead atoms. The van der Waals surface area contributed by atoms with Crippen LogP contribution in [0, 0.1) is 11.8 Å². The summed E-state index contributed by atoms with van der Waals surface area (Å²) in [5.74, 6) is -0.240. The first-order valence-corrected chi connectivity index (χ1v) is 9.57. The van der Waals surface area contributed by atoms with Gasteiger partial charge in [-0.3, -0.25) is 0 Å². The zero-order valence-corrected chi connectivity index (χ0v) is 16.3. The molecule has 0 aliphatic heterocycles. The van der Waals surface area contributed by atoms with Crippen LogP contribution in [0.1, 0.15) is 37.4 Å². The van der Waals surface area contributed by atoms with Crippen LogP contribution in [-0.2, 0) is 9.59 Å². The third kappa shape index (κ3) is 6.89. The largest absolute Gasteiger partial charge is 0.497 e. The van der Waals surface area contributed by atoms with Gasteiger partial charge >= 0.3 is 12.0 Å². The second-order valence-electron chi connectivity index (χ2n) is 7.22. The first-order valence-electron chi connectivity index (χ1n) is 9.57. The maximum atomic E-state index is 12.2. The lowest BCUT2D eigenvalue weighted by molar-refractivity contribution is -0.142. The Morgan fingerprint density at radius 1 is 1.28 bits per heavy atom. The van der Waals surface area contributed by atoms with E-state index in [1.807, 2.05) is 0 Å². The number of aliphatic hydroxyl groups excluding tert-OH is 1. The second kappa shape index (κ2) is 11.2. The van der Waals surface area contributed by atoms with Gasteiger partial charge in [0.05, 0.1) is 13.7 Å². The highest BCUT2D eigenvalue weighted by atomic mass is 16.5. The van der Waals surface area contributed by atoms with Crippen molar-refractivity contribution < 1.29 is 29.3 Å². The van der Waals surface area contributed by atoms with Gasteiger partial charge in [0.25, 0.3) is 0 Å². The molecule has 1 aromatic rings. The van der Waals surface area contributed by atoms with Gasteiger partial charge in [-0.15, -0.1) is 0 Å². The maximum absolute atomic E-state index is 12.2. The zero-order valence-electron chi connectivity index (χ0n) is 16.3. The lowest BCUT2D eigenvalue weighted by Crippen LogP contribution is -2.50. The zero-order chi connectivity index (χ0) is 21.2. The highest BCUT2D eigenvalue weighted by molar-refractivity contribution is 5.83. The molecule has 1 aliphatic carbocycles. The van der Waals surface area contributed by atoms with Gasteiger partial charge in [0.2, 0.25) is 6.08 Å². The van der Waals surface area contributed by atoms with Crippen LogP contribution in [0.25, 0.3) is 0 Å². The number of aliphatic hydroxyl groups is 1. The van der Waals surface area contributed by atoms with Gasteiger partial charge in [-0.2, -0.15) is 0 Å². The summed E-state index contributed by atoms with van der Waals surface area (Å²) in [7, 11) is 1.50. The monoisotopic (exact) mass is 405 g/mol. The Morgan fingerprint density at radius 3 is 2.59 bits per heavy atom. The maximum Gasteiger partial charge on any atom is 0.329 e. The van der Waals surface area contributed by atoms with Crippen molar-refractivity contribution in [2.75, 3.05) is 20.2 Å². The van der Waals surface area contributed by atoms with Crippen molar-refractivity contribution in [2.45, 2.75) is 37.8 Å². The number of urea groups is 1. The molecule has 2 rings (SSSR count). The van der Waals surface area contributed by atoms with Crippen LogP contribution in [-0.4, -0.2) is 54.5 Å². The third-order valence-electron chi connectivity index (χ3n) is 5.18. The molecule has 0 spiro atoms. The molecule has 4 atom stereocenters. The van der Waals surface area contributed by atoms with Crippen molar-refractivity contribution in [1.29, 1.82) is 0 Å². The fourth-order valence-corrected chi connectivity index (χ4v) is 3.62. The highest BCUT2D eigenvalue weighted by Gasteiger charge is 2.30. The summed E-state index contributed by atoms with van der Waals surface area (Å²) in [6.45, 7) is 0.833. The minimum atomic E-state index is -1.50. The number of hydrogen-bond acceptors (Lipinski definition) is 6. The van der Waals surface area contributed by atoms with E-state index in [0.717, 1.165) is 25.7 Å². The van der Waals surface area contributed by atoms with Crippen molar-refractivity contribution in [1.82, 2.24) is 10.6 Å². The average molecular weight is 405 g/mol. The normalized spacial score (nSPS) is 20.6. The van der Waals surface area contributed by atoms with Crippen LogP contribution < -0.4 is 15.4 Å². The molecule has 0 heterocycles. The topological polar surface area (TPSA) is 137 Å². The van der Waals surface area contributed by atoms with Gasteiger partial charge in [-0.25, -0.2) is 19.4 Å². The number of aliphatic imine (C=N–C) groups is 1. The molecule has 0 aromatic heterocycles. The number of nitrogens with zero attached hydrogens (tertiary/aromatic N) is 1. The molecule has 1 aromatic carbocycles. The molecule has 158 valence electrons. The molecule has 4 N–H and O–H groups in total. The number of aliphatic carboxylic acids is 1. The summed E-state index contributed by atoms with van der Waals surface area (Å²) >= 11 is 0. The Bertz CT molecular complexity index is 732. The number of carboxylic acid groups (broad SMARTS) is 1. The number of isocyanates is 1. The summed E-state index contributed by atoms with van der Waals surface area (Å²) in [5, 5.41) is 24.8. The fraction of sp³-hybridized carbons (Fsp3) is 0.550. The number of carbonyl (C=O) groups excluding carboxylic acids is 2. The van der Waals surface area contributed by atoms with Gasteiger partial charge in [0.15, 0.2) is 6.04 Å². The van der Waals surface area contributed by atoms with Crippen molar-refractivity contribution >= 4 is 18.1 Å². The van der Waals surface area contributed by atoms with E-state index in [1.165, 1.54) is 7.11 Å². The predicted molar refractivity (Wildman–Crippen MR) is 104 cm³/mol. The molecule has 0 radical (unpaired) electrons. The van der Waals surface area contributed by atoms with Crippen LogP contribution in [0.5, 0.6) is 5.75 Å². The van der Waals surface area contributed by atoms with Gasteiger partial charge in [0, 0.05) is 6.54 Å². The second-order valence-corrected chi connectivity index (χ2v) is 7.22. The van der Waals surface area contributed by atoms with Crippen LogP contribution in [0.15, 0.2) is 29.3 Å². The van der Waals surface area contributed by atoms with E-state index >= 15 is 0 Å². The number of benzene rings is 1. The summed E-state index contributed by atoms with van der Waals surface area (Å²) in [6.07, 6.45) is 3.89. The number of amides is 2. The summed E-state index contributed by atoms with van der Waals surface area (Å²) in [4.78, 5) is 37.7. The number of carboxylic acids is 1. The first kappa shape index (κ1) is 22.4. The average Bonchev–Trinajstić information content (AvgIpc) is 2.74. The molecular formula is C20H27N3O6. The smallest absolute Gasteiger partial charge is 0.329 e. The SMILES string of the molecule is COc1ccc(C(O)C(NC(=O)NCC2CCCC(CN=C=O)C2)C(=O)O)cc1. The Kier molecular flexibility index (Phi) is 8.64. The standard InChI is InChI=1S/C20H27N3O6/c1-29-16-7-5-15(6-8-16)18(25)17(19(26)27)23-20(28)22-11-14-4-2-3-13(9-14)10-21-12-24/h5-8,13-14,17-18,25H,2-4,9-11H2,1H3,(H,26,27)(H2,22,23,28). The number of rotatable bonds is 9.